The van der Waals surface area contributed by atoms with E-state index in [1.54, 1.807) is 4.90 Å². The van der Waals surface area contributed by atoms with Crippen LogP contribution in [-0.2, 0) is 20.8 Å². The van der Waals surface area contributed by atoms with Gasteiger partial charge in [-0.15, -0.1) is 10.2 Å². The lowest BCUT2D eigenvalue weighted by atomic mass is 10.3. The van der Waals surface area contributed by atoms with Crippen LogP contribution in [0.4, 0.5) is 18.3 Å². The summed E-state index contributed by atoms with van der Waals surface area (Å²) in [4.78, 5) is 15.0. The second-order valence-corrected chi connectivity index (χ2v) is 8.35. The van der Waals surface area contributed by atoms with Gasteiger partial charge in [-0.05, 0) is 0 Å². The molecule has 23 heavy (non-hydrogen) atoms. The second-order valence-electron chi connectivity index (χ2n) is 5.14. The van der Waals surface area contributed by atoms with E-state index < -0.39 is 21.0 Å². The molecule has 0 unspecified atom stereocenters. The Bertz CT molecular complexity index is 666. The molecule has 0 bridgehead atoms. The summed E-state index contributed by atoms with van der Waals surface area (Å²) in [5.74, 6) is -0.486. The van der Waals surface area contributed by atoms with Crippen molar-refractivity contribution in [2.24, 2.45) is 0 Å². The highest BCUT2D eigenvalue weighted by Crippen LogP contribution is 2.34. The van der Waals surface area contributed by atoms with Crippen molar-refractivity contribution in [1.29, 1.82) is 0 Å². The topological polar surface area (TPSA) is 83.5 Å². The summed E-state index contributed by atoms with van der Waals surface area (Å²) in [6.07, 6.45) is -3.54. The molecule has 0 atom stereocenters. The van der Waals surface area contributed by atoms with E-state index in [0.717, 1.165) is 6.26 Å². The number of amides is 1. The highest BCUT2D eigenvalue weighted by Gasteiger charge is 2.36. The molecule has 1 aromatic heterocycles. The maximum absolute atomic E-state index is 12.5. The number of alkyl halides is 3. The lowest BCUT2D eigenvalue weighted by molar-refractivity contribution is -0.138. The van der Waals surface area contributed by atoms with Crippen molar-refractivity contribution in [2.45, 2.75) is 12.6 Å². The monoisotopic (exact) mass is 372 g/mol. The molecular weight excluding hydrogens is 357 g/mol. The molecule has 0 aliphatic carbocycles. The Balaban J connectivity index is 1.88. The highest BCUT2D eigenvalue weighted by molar-refractivity contribution is 7.90. The molecular formula is C11H15F3N4O3S2. The molecule has 2 heterocycles. The minimum absolute atomic E-state index is 0.0874. The highest BCUT2D eigenvalue weighted by atomic mass is 32.2. The summed E-state index contributed by atoms with van der Waals surface area (Å²) in [6.45, 7) is 1.28. The van der Waals surface area contributed by atoms with Gasteiger partial charge in [0.25, 0.3) is 0 Å². The van der Waals surface area contributed by atoms with Crippen LogP contribution in [0.5, 0.6) is 0 Å². The third-order valence-electron chi connectivity index (χ3n) is 3.25. The third-order valence-corrected chi connectivity index (χ3v) is 5.22. The molecule has 7 nitrogen and oxygen atoms in total. The number of aromatic nitrogens is 2. The first-order valence-electron chi connectivity index (χ1n) is 6.67. The zero-order valence-corrected chi connectivity index (χ0v) is 13.8. The summed E-state index contributed by atoms with van der Waals surface area (Å²) in [6, 6.07) is 0. The van der Waals surface area contributed by atoms with Crippen molar-refractivity contribution in [2.75, 3.05) is 43.1 Å². The number of carbonyl (C=O) groups excluding carboxylic acids is 1. The van der Waals surface area contributed by atoms with Gasteiger partial charge in [0.2, 0.25) is 16.0 Å². The number of sulfone groups is 1. The van der Waals surface area contributed by atoms with Gasteiger partial charge in [0, 0.05) is 38.9 Å². The van der Waals surface area contributed by atoms with Gasteiger partial charge >= 0.3 is 6.18 Å². The van der Waals surface area contributed by atoms with Crippen molar-refractivity contribution in [1.82, 2.24) is 15.1 Å². The lowest BCUT2D eigenvalue weighted by Crippen LogP contribution is -2.49. The van der Waals surface area contributed by atoms with Crippen LogP contribution in [0.3, 0.4) is 0 Å². The van der Waals surface area contributed by atoms with E-state index in [1.165, 1.54) is 4.90 Å². The molecule has 0 N–H and O–H groups in total. The van der Waals surface area contributed by atoms with Crippen LogP contribution in [-0.4, -0.2) is 67.6 Å². The summed E-state index contributed by atoms with van der Waals surface area (Å²) >= 11 is 0.466. The van der Waals surface area contributed by atoms with E-state index in [2.05, 4.69) is 10.2 Å². The predicted octanol–water partition coefficient (Wildman–Crippen LogP) is 0.640. The van der Waals surface area contributed by atoms with Crippen LogP contribution in [0.1, 0.15) is 11.4 Å². The van der Waals surface area contributed by atoms with E-state index in [1.807, 2.05) is 0 Å². The zero-order valence-electron chi connectivity index (χ0n) is 12.2. The number of rotatable bonds is 4. The zero-order chi connectivity index (χ0) is 17.3. The molecule has 0 spiro atoms. The maximum atomic E-state index is 12.5. The average molecular weight is 372 g/mol. The molecule has 1 aliphatic rings. The smallest absolute Gasteiger partial charge is 0.343 e. The van der Waals surface area contributed by atoms with Crippen LogP contribution in [0, 0.1) is 0 Å². The fourth-order valence-electron chi connectivity index (χ4n) is 2.04. The number of hydrogen-bond acceptors (Lipinski definition) is 7. The third kappa shape index (κ3) is 5.03. The normalized spacial score (nSPS) is 16.7. The largest absolute Gasteiger partial charge is 0.445 e. The Morgan fingerprint density at radius 3 is 2.30 bits per heavy atom. The Labute approximate surface area is 135 Å². The Kier molecular flexibility index (Phi) is 5.14. The molecule has 0 saturated carbocycles. The first-order chi connectivity index (χ1) is 10.6. The van der Waals surface area contributed by atoms with Crippen LogP contribution in [0.15, 0.2) is 0 Å². The molecule has 0 radical (unpaired) electrons. The molecule has 0 aromatic carbocycles. The van der Waals surface area contributed by atoms with Gasteiger partial charge < -0.3 is 9.80 Å². The van der Waals surface area contributed by atoms with E-state index in [9.17, 15) is 26.4 Å². The second kappa shape index (κ2) is 6.59. The number of nitrogens with zero attached hydrogens (tertiary/aromatic N) is 4. The van der Waals surface area contributed by atoms with Crippen LogP contribution < -0.4 is 4.90 Å². The molecule has 1 amide bonds. The first-order valence-corrected chi connectivity index (χ1v) is 9.55. The summed E-state index contributed by atoms with van der Waals surface area (Å²) in [5, 5.41) is 5.83. The molecule has 1 fully saturated rings. The molecule has 130 valence electrons. The fraction of sp³-hybridized carbons (Fsp3) is 0.727. The number of halogens is 3. The number of anilines is 1. The standard InChI is InChI=1S/C11H15F3N4O3S2/c1-23(20,21)7-2-8(19)17-3-5-18(6-4-17)10-16-15-9(22-10)11(12,13)14/h2-7H2,1H3. The minimum Gasteiger partial charge on any atom is -0.343 e. The summed E-state index contributed by atoms with van der Waals surface area (Å²) < 4.78 is 59.6. The minimum atomic E-state index is -4.51. The SMILES string of the molecule is CS(=O)(=O)CCC(=O)N1CCN(c2nnc(C(F)(F)F)s2)CC1. The van der Waals surface area contributed by atoms with Crippen molar-refractivity contribution >= 4 is 32.2 Å². The average Bonchev–Trinajstić information content (AvgIpc) is 2.94. The van der Waals surface area contributed by atoms with Crippen LogP contribution in [0.2, 0.25) is 0 Å². The quantitative estimate of drug-likeness (QED) is 0.771. The Hall–Kier alpha value is -1.43. The van der Waals surface area contributed by atoms with Gasteiger partial charge in [-0.1, -0.05) is 11.3 Å². The Morgan fingerprint density at radius 2 is 1.83 bits per heavy atom. The fourth-order valence-corrected chi connectivity index (χ4v) is 3.34. The van der Waals surface area contributed by atoms with E-state index in [0.29, 0.717) is 37.5 Å². The summed E-state index contributed by atoms with van der Waals surface area (Å²) in [7, 11) is -3.20. The summed E-state index contributed by atoms with van der Waals surface area (Å²) in [5.41, 5.74) is 0. The predicted molar refractivity (Wildman–Crippen MR) is 78.0 cm³/mol. The van der Waals surface area contributed by atoms with Crippen LogP contribution >= 0.6 is 11.3 Å². The Morgan fingerprint density at radius 1 is 1.22 bits per heavy atom. The molecule has 1 aromatic rings. The number of piperazine rings is 1. The number of carbonyl (C=O) groups is 1. The lowest BCUT2D eigenvalue weighted by Gasteiger charge is -2.34. The maximum Gasteiger partial charge on any atom is 0.445 e. The van der Waals surface area contributed by atoms with Gasteiger partial charge in [0.05, 0.1) is 5.75 Å². The van der Waals surface area contributed by atoms with Gasteiger partial charge in [-0.2, -0.15) is 13.2 Å². The first kappa shape index (κ1) is 17.9. The molecule has 1 aliphatic heterocycles. The van der Waals surface area contributed by atoms with E-state index >= 15 is 0 Å². The molecule has 12 heteroatoms. The van der Waals surface area contributed by atoms with Gasteiger partial charge in [0.15, 0.2) is 0 Å². The van der Waals surface area contributed by atoms with E-state index in [4.69, 9.17) is 0 Å². The van der Waals surface area contributed by atoms with Crippen molar-refractivity contribution < 1.29 is 26.4 Å². The van der Waals surface area contributed by atoms with Crippen molar-refractivity contribution in [3.8, 4) is 0 Å². The van der Waals surface area contributed by atoms with Crippen molar-refractivity contribution in [3.05, 3.63) is 5.01 Å². The van der Waals surface area contributed by atoms with Crippen LogP contribution in [0.25, 0.3) is 0 Å². The van der Waals surface area contributed by atoms with Gasteiger partial charge in [-0.25, -0.2) is 8.42 Å². The van der Waals surface area contributed by atoms with E-state index in [-0.39, 0.29) is 23.2 Å². The van der Waals surface area contributed by atoms with Gasteiger partial charge in [0.1, 0.15) is 9.84 Å². The molecule has 1 saturated heterocycles. The molecule has 2 rings (SSSR count). The van der Waals surface area contributed by atoms with Crippen molar-refractivity contribution in [3.63, 3.8) is 0 Å². The van der Waals surface area contributed by atoms with Gasteiger partial charge in [-0.3, -0.25) is 4.79 Å². The number of hydrogen-bond donors (Lipinski definition) is 0.